The van der Waals surface area contributed by atoms with Crippen molar-refractivity contribution in [3.63, 3.8) is 0 Å². The first kappa shape index (κ1) is 11.3. The smallest absolute Gasteiger partial charge is 0.305 e. The molecular weight excluding hydrogens is 206 g/mol. The van der Waals surface area contributed by atoms with E-state index >= 15 is 0 Å². The Labute approximate surface area is 84.2 Å². The van der Waals surface area contributed by atoms with Crippen molar-refractivity contribution in [3.8, 4) is 0 Å². The highest BCUT2D eigenvalue weighted by Gasteiger charge is 2.22. The number of benzene rings is 1. The van der Waals surface area contributed by atoms with E-state index in [1.54, 1.807) is 0 Å². The maximum Gasteiger partial charge on any atom is 0.305 e. The average Bonchev–Trinajstić information content (AvgIpc) is 2.16. The van der Waals surface area contributed by atoms with Crippen molar-refractivity contribution in [3.05, 3.63) is 46.0 Å². The fourth-order valence-corrected chi connectivity index (χ4v) is 1.11. The number of nitrogens with zero attached hydrogens (tertiary/aromatic N) is 1. The topological polar surface area (TPSA) is 69.2 Å². The van der Waals surface area contributed by atoms with E-state index in [1.165, 1.54) is 0 Å². The van der Waals surface area contributed by atoms with Gasteiger partial charge < -0.3 is 5.73 Å². The van der Waals surface area contributed by atoms with Gasteiger partial charge in [0.25, 0.3) is 0 Å². The highest BCUT2D eigenvalue weighted by atomic mass is 19.1. The third kappa shape index (κ3) is 1.99. The van der Waals surface area contributed by atoms with Crippen LogP contribution in [0.1, 0.15) is 5.56 Å². The van der Waals surface area contributed by atoms with E-state index in [0.29, 0.717) is 0 Å². The van der Waals surface area contributed by atoms with E-state index in [4.69, 9.17) is 5.73 Å². The zero-order valence-corrected chi connectivity index (χ0v) is 7.67. The van der Waals surface area contributed by atoms with Gasteiger partial charge in [0.15, 0.2) is 0 Å². The van der Waals surface area contributed by atoms with Crippen LogP contribution in [0.15, 0.2) is 18.7 Å². The number of nitro groups is 1. The maximum absolute atomic E-state index is 13.4. The number of halogens is 2. The minimum atomic E-state index is -1.24. The van der Waals surface area contributed by atoms with Gasteiger partial charge in [0.05, 0.1) is 10.5 Å². The van der Waals surface area contributed by atoms with Gasteiger partial charge in [-0.05, 0) is 11.6 Å². The van der Waals surface area contributed by atoms with Crippen LogP contribution in [0.3, 0.4) is 0 Å². The standard InChI is InChI=1S/C9H8F2N2O2/c1-5(4-12)8-6(10)2-3-7(9(8)11)13(14)15/h2-3H,1,4,12H2. The summed E-state index contributed by atoms with van der Waals surface area (Å²) < 4.78 is 26.6. The minimum Gasteiger partial charge on any atom is -0.326 e. The molecule has 0 aliphatic heterocycles. The fraction of sp³-hybridized carbons (Fsp3) is 0.111. The van der Waals surface area contributed by atoms with Crippen LogP contribution in [0.25, 0.3) is 5.57 Å². The van der Waals surface area contributed by atoms with Gasteiger partial charge in [0, 0.05) is 12.6 Å². The molecule has 15 heavy (non-hydrogen) atoms. The molecular formula is C9H8F2N2O2. The minimum absolute atomic E-state index is 0.0197. The highest BCUT2D eigenvalue weighted by Crippen LogP contribution is 2.27. The van der Waals surface area contributed by atoms with Crippen LogP contribution < -0.4 is 5.73 Å². The van der Waals surface area contributed by atoms with Crippen molar-refractivity contribution in [1.29, 1.82) is 0 Å². The second-order valence-electron chi connectivity index (χ2n) is 2.82. The predicted molar refractivity (Wildman–Crippen MR) is 51.1 cm³/mol. The summed E-state index contributed by atoms with van der Waals surface area (Å²) >= 11 is 0. The SMILES string of the molecule is C=C(CN)c1c(F)ccc([N+](=O)[O-])c1F. The average molecular weight is 214 g/mol. The van der Waals surface area contributed by atoms with Crippen LogP contribution in [0.2, 0.25) is 0 Å². The third-order valence-electron chi connectivity index (χ3n) is 1.87. The molecule has 0 saturated carbocycles. The summed E-state index contributed by atoms with van der Waals surface area (Å²) in [5.74, 6) is -2.15. The lowest BCUT2D eigenvalue weighted by molar-refractivity contribution is -0.387. The van der Waals surface area contributed by atoms with Crippen molar-refractivity contribution in [2.75, 3.05) is 6.54 Å². The molecule has 4 nitrogen and oxygen atoms in total. The molecule has 0 radical (unpaired) electrons. The number of nitrogens with two attached hydrogens (primary N) is 1. The summed E-state index contributed by atoms with van der Waals surface area (Å²) in [7, 11) is 0. The second-order valence-corrected chi connectivity index (χ2v) is 2.82. The van der Waals surface area contributed by atoms with Gasteiger partial charge in [0.2, 0.25) is 5.82 Å². The molecule has 0 atom stereocenters. The molecule has 80 valence electrons. The lowest BCUT2D eigenvalue weighted by atomic mass is 10.1. The van der Waals surface area contributed by atoms with E-state index in [9.17, 15) is 18.9 Å². The molecule has 0 heterocycles. The summed E-state index contributed by atoms with van der Waals surface area (Å²) in [6, 6.07) is 1.58. The second kappa shape index (κ2) is 4.14. The summed E-state index contributed by atoms with van der Waals surface area (Å²) in [5.41, 5.74) is 3.83. The molecule has 0 aliphatic rings. The lowest BCUT2D eigenvalue weighted by Crippen LogP contribution is -2.06. The summed E-state index contributed by atoms with van der Waals surface area (Å²) in [4.78, 5) is 9.45. The van der Waals surface area contributed by atoms with Crippen molar-refractivity contribution in [2.45, 2.75) is 0 Å². The first-order valence-electron chi connectivity index (χ1n) is 3.99. The van der Waals surface area contributed by atoms with Crippen LogP contribution in [-0.2, 0) is 0 Å². The molecule has 0 fully saturated rings. The van der Waals surface area contributed by atoms with Gasteiger partial charge in [0.1, 0.15) is 5.82 Å². The van der Waals surface area contributed by atoms with Crippen molar-refractivity contribution in [1.82, 2.24) is 0 Å². The maximum atomic E-state index is 13.4. The Morgan fingerprint density at radius 3 is 2.60 bits per heavy atom. The molecule has 0 saturated heterocycles. The number of hydrogen-bond acceptors (Lipinski definition) is 3. The van der Waals surface area contributed by atoms with E-state index in [1.807, 2.05) is 0 Å². The molecule has 0 bridgehead atoms. The summed E-state index contributed by atoms with van der Waals surface area (Å²) in [5, 5.41) is 10.4. The quantitative estimate of drug-likeness (QED) is 0.616. The zero-order valence-electron chi connectivity index (χ0n) is 7.67. The molecule has 0 aromatic heterocycles. The normalized spacial score (nSPS) is 10.1. The summed E-state index contributed by atoms with van der Waals surface area (Å²) in [6.07, 6.45) is 0. The molecule has 0 unspecified atom stereocenters. The predicted octanol–water partition coefficient (Wildman–Crippen LogP) is 1.84. The molecule has 0 spiro atoms. The van der Waals surface area contributed by atoms with Crippen LogP contribution in [0.5, 0.6) is 0 Å². The first-order chi connectivity index (χ1) is 6.99. The summed E-state index contributed by atoms with van der Waals surface area (Å²) in [6.45, 7) is 3.17. The largest absolute Gasteiger partial charge is 0.326 e. The van der Waals surface area contributed by atoms with E-state index in [-0.39, 0.29) is 12.1 Å². The van der Waals surface area contributed by atoms with Crippen molar-refractivity contribution in [2.24, 2.45) is 5.73 Å². The molecule has 1 aromatic carbocycles. The van der Waals surface area contributed by atoms with Gasteiger partial charge in [-0.2, -0.15) is 4.39 Å². The fourth-order valence-electron chi connectivity index (χ4n) is 1.11. The monoisotopic (exact) mass is 214 g/mol. The molecule has 0 aliphatic carbocycles. The van der Waals surface area contributed by atoms with Crippen LogP contribution in [0.4, 0.5) is 14.5 Å². The van der Waals surface area contributed by atoms with Crippen LogP contribution in [-0.4, -0.2) is 11.5 Å². The first-order valence-corrected chi connectivity index (χ1v) is 3.99. The molecule has 2 N–H and O–H groups in total. The van der Waals surface area contributed by atoms with Crippen molar-refractivity contribution >= 4 is 11.3 Å². The molecule has 1 rings (SSSR count). The van der Waals surface area contributed by atoms with E-state index in [2.05, 4.69) is 6.58 Å². The Bertz CT molecular complexity index is 432. The van der Waals surface area contributed by atoms with Crippen molar-refractivity contribution < 1.29 is 13.7 Å². The number of nitro benzene ring substituents is 1. The highest BCUT2D eigenvalue weighted by molar-refractivity contribution is 5.67. The number of rotatable bonds is 3. The van der Waals surface area contributed by atoms with Gasteiger partial charge in [-0.15, -0.1) is 0 Å². The van der Waals surface area contributed by atoms with E-state index in [0.717, 1.165) is 12.1 Å². The van der Waals surface area contributed by atoms with Gasteiger partial charge >= 0.3 is 5.69 Å². The Morgan fingerprint density at radius 1 is 1.53 bits per heavy atom. The third-order valence-corrected chi connectivity index (χ3v) is 1.87. The molecule has 1 aromatic rings. The van der Waals surface area contributed by atoms with Crippen LogP contribution >= 0.6 is 0 Å². The Hall–Kier alpha value is -1.82. The Kier molecular flexibility index (Phi) is 3.11. The molecule has 0 amide bonds. The van der Waals surface area contributed by atoms with Crippen LogP contribution in [0, 0.1) is 21.7 Å². The lowest BCUT2D eigenvalue weighted by Gasteiger charge is -2.05. The number of hydrogen-bond donors (Lipinski definition) is 1. The Morgan fingerprint density at radius 2 is 2.13 bits per heavy atom. The van der Waals surface area contributed by atoms with Gasteiger partial charge in [-0.3, -0.25) is 10.1 Å². The zero-order chi connectivity index (χ0) is 11.6. The van der Waals surface area contributed by atoms with Gasteiger partial charge in [-0.25, -0.2) is 4.39 Å². The van der Waals surface area contributed by atoms with E-state index < -0.39 is 27.8 Å². The van der Waals surface area contributed by atoms with Gasteiger partial charge in [-0.1, -0.05) is 6.58 Å². The Balaban J connectivity index is 3.43. The molecule has 6 heteroatoms.